The fourth-order valence-electron chi connectivity index (χ4n) is 2.36. The first-order valence-corrected chi connectivity index (χ1v) is 9.10. The second-order valence-electron chi connectivity index (χ2n) is 6.06. The second-order valence-corrected chi connectivity index (χ2v) is 6.92. The van der Waals surface area contributed by atoms with Crippen LogP contribution in [0.15, 0.2) is 46.7 Å². The molecular weight excluding hydrogens is 364 g/mol. The van der Waals surface area contributed by atoms with E-state index < -0.39 is 0 Å². The van der Waals surface area contributed by atoms with Crippen molar-refractivity contribution in [1.82, 2.24) is 9.97 Å². The molecule has 3 aromatic rings. The van der Waals surface area contributed by atoms with E-state index in [4.69, 9.17) is 0 Å². The molecule has 0 aliphatic heterocycles. The van der Waals surface area contributed by atoms with Gasteiger partial charge in [0, 0.05) is 23.3 Å². The number of carbonyl (C=O) groups is 2. The van der Waals surface area contributed by atoms with Crippen LogP contribution < -0.4 is 16.2 Å². The molecule has 0 aliphatic carbocycles. The maximum atomic E-state index is 12.2. The van der Waals surface area contributed by atoms with Crippen molar-refractivity contribution in [2.45, 2.75) is 20.3 Å². The molecule has 3 N–H and O–H groups in total. The van der Waals surface area contributed by atoms with Crippen molar-refractivity contribution >= 4 is 34.0 Å². The average Bonchev–Trinajstić information content (AvgIpc) is 3.05. The summed E-state index contributed by atoms with van der Waals surface area (Å²) in [5, 5.41) is 7.61. The number of nitrogens with one attached hydrogen (secondary N) is 3. The SMILES string of the molecule is Cc1ccc(NC(=O)Cc2csc(NC(=O)c3ccc(=O)[nH]c3)n2)cc1C. The Morgan fingerprint density at radius 2 is 1.93 bits per heavy atom. The van der Waals surface area contributed by atoms with E-state index in [0.717, 1.165) is 16.8 Å². The number of amides is 2. The van der Waals surface area contributed by atoms with Gasteiger partial charge in [-0.1, -0.05) is 6.07 Å². The number of nitrogens with zero attached hydrogens (tertiary/aromatic N) is 1. The van der Waals surface area contributed by atoms with Gasteiger partial charge in [0.25, 0.3) is 5.91 Å². The summed E-state index contributed by atoms with van der Waals surface area (Å²) >= 11 is 1.23. The number of pyridine rings is 1. The van der Waals surface area contributed by atoms with Crippen LogP contribution in [0.1, 0.15) is 27.2 Å². The van der Waals surface area contributed by atoms with Crippen LogP contribution >= 0.6 is 11.3 Å². The van der Waals surface area contributed by atoms with Gasteiger partial charge < -0.3 is 10.3 Å². The number of aromatic nitrogens is 2. The number of hydrogen-bond acceptors (Lipinski definition) is 5. The first-order valence-electron chi connectivity index (χ1n) is 8.22. The van der Waals surface area contributed by atoms with Gasteiger partial charge in [0.1, 0.15) is 0 Å². The molecule has 0 spiro atoms. The first-order chi connectivity index (χ1) is 12.9. The van der Waals surface area contributed by atoms with Gasteiger partial charge in [0.05, 0.1) is 17.7 Å². The normalized spacial score (nSPS) is 10.4. The highest BCUT2D eigenvalue weighted by atomic mass is 32.1. The van der Waals surface area contributed by atoms with Crippen LogP contribution in [0.4, 0.5) is 10.8 Å². The molecule has 2 heterocycles. The molecule has 2 amide bonds. The van der Waals surface area contributed by atoms with Crippen LogP contribution in [0.2, 0.25) is 0 Å². The Hall–Kier alpha value is -3.26. The van der Waals surface area contributed by atoms with E-state index >= 15 is 0 Å². The zero-order valence-corrected chi connectivity index (χ0v) is 15.6. The van der Waals surface area contributed by atoms with Crippen LogP contribution in [0.3, 0.4) is 0 Å². The van der Waals surface area contributed by atoms with Gasteiger partial charge in [0.2, 0.25) is 11.5 Å². The van der Waals surface area contributed by atoms with Crippen molar-refractivity contribution in [2.75, 3.05) is 10.6 Å². The highest BCUT2D eigenvalue weighted by Crippen LogP contribution is 2.18. The summed E-state index contributed by atoms with van der Waals surface area (Å²) in [5.74, 6) is -0.561. The Morgan fingerprint density at radius 1 is 1.11 bits per heavy atom. The van der Waals surface area contributed by atoms with Gasteiger partial charge in [-0.25, -0.2) is 4.98 Å². The number of H-pyrrole nitrogens is 1. The van der Waals surface area contributed by atoms with Crippen LogP contribution in [0.25, 0.3) is 0 Å². The molecule has 27 heavy (non-hydrogen) atoms. The molecule has 0 fully saturated rings. The Kier molecular flexibility index (Phi) is 5.46. The summed E-state index contributed by atoms with van der Waals surface area (Å²) in [6.45, 7) is 4.00. The van der Waals surface area contributed by atoms with Crippen LogP contribution in [0, 0.1) is 13.8 Å². The van der Waals surface area contributed by atoms with Gasteiger partial charge in [-0.05, 0) is 43.2 Å². The summed E-state index contributed by atoms with van der Waals surface area (Å²) < 4.78 is 0. The molecule has 0 saturated carbocycles. The van der Waals surface area contributed by atoms with Crippen molar-refractivity contribution in [3.63, 3.8) is 0 Å². The lowest BCUT2D eigenvalue weighted by atomic mass is 10.1. The lowest BCUT2D eigenvalue weighted by Crippen LogP contribution is -2.16. The van der Waals surface area contributed by atoms with Crippen molar-refractivity contribution in [2.24, 2.45) is 0 Å². The number of aryl methyl sites for hydroxylation is 2. The number of benzene rings is 1. The molecule has 7 nitrogen and oxygen atoms in total. The van der Waals surface area contributed by atoms with E-state index in [1.54, 1.807) is 5.38 Å². The molecule has 0 saturated heterocycles. The predicted molar refractivity (Wildman–Crippen MR) is 105 cm³/mol. The average molecular weight is 382 g/mol. The van der Waals surface area contributed by atoms with Crippen molar-refractivity contribution < 1.29 is 9.59 Å². The molecule has 0 unspecified atom stereocenters. The molecule has 1 aromatic carbocycles. The maximum Gasteiger partial charge on any atom is 0.258 e. The van der Waals surface area contributed by atoms with Gasteiger partial charge in [-0.3, -0.25) is 19.7 Å². The highest BCUT2D eigenvalue weighted by molar-refractivity contribution is 7.14. The number of thiazole rings is 1. The molecule has 3 rings (SSSR count). The molecular formula is C19H18N4O3S. The third kappa shape index (κ3) is 4.89. The minimum absolute atomic E-state index is 0.109. The Morgan fingerprint density at radius 3 is 2.63 bits per heavy atom. The summed E-state index contributed by atoms with van der Waals surface area (Å²) in [6.07, 6.45) is 1.45. The van der Waals surface area contributed by atoms with E-state index in [-0.39, 0.29) is 23.8 Å². The molecule has 0 radical (unpaired) electrons. The molecule has 2 aromatic heterocycles. The zero-order chi connectivity index (χ0) is 19.4. The number of carbonyl (C=O) groups excluding carboxylic acids is 2. The van der Waals surface area contributed by atoms with E-state index in [9.17, 15) is 14.4 Å². The van der Waals surface area contributed by atoms with Crippen molar-refractivity contribution in [1.29, 1.82) is 0 Å². The standard InChI is InChI=1S/C19H18N4O3S/c1-11-3-5-14(7-12(11)2)21-17(25)8-15-10-27-19(22-15)23-18(26)13-4-6-16(24)20-9-13/h3-7,9-10H,8H2,1-2H3,(H,20,24)(H,21,25)(H,22,23,26). The zero-order valence-electron chi connectivity index (χ0n) is 14.8. The monoisotopic (exact) mass is 382 g/mol. The fourth-order valence-corrected chi connectivity index (χ4v) is 3.06. The molecule has 0 aliphatic rings. The largest absolute Gasteiger partial charge is 0.328 e. The summed E-state index contributed by atoms with van der Waals surface area (Å²) in [7, 11) is 0. The quantitative estimate of drug-likeness (QED) is 0.631. The predicted octanol–water partition coefficient (Wildman–Crippen LogP) is 2.88. The number of rotatable bonds is 5. The number of aromatic amines is 1. The van der Waals surface area contributed by atoms with Crippen molar-refractivity contribution in [3.8, 4) is 0 Å². The van der Waals surface area contributed by atoms with Gasteiger partial charge in [-0.15, -0.1) is 11.3 Å². The third-order valence-electron chi connectivity index (χ3n) is 3.95. The van der Waals surface area contributed by atoms with Crippen LogP contribution in [-0.2, 0) is 11.2 Å². The number of anilines is 2. The van der Waals surface area contributed by atoms with Crippen LogP contribution in [0.5, 0.6) is 0 Å². The first kappa shape index (κ1) is 18.5. The second kappa shape index (κ2) is 7.96. The van der Waals surface area contributed by atoms with Gasteiger partial charge in [0.15, 0.2) is 5.13 Å². The Labute approximate surface area is 159 Å². The molecule has 8 heteroatoms. The van der Waals surface area contributed by atoms with Crippen LogP contribution in [-0.4, -0.2) is 21.8 Å². The van der Waals surface area contributed by atoms with Crippen molar-refractivity contribution in [3.05, 3.63) is 74.6 Å². The summed E-state index contributed by atoms with van der Waals surface area (Å²) in [4.78, 5) is 42.0. The highest BCUT2D eigenvalue weighted by Gasteiger charge is 2.12. The number of hydrogen-bond donors (Lipinski definition) is 3. The van der Waals surface area contributed by atoms with E-state index in [0.29, 0.717) is 16.4 Å². The van der Waals surface area contributed by atoms with Gasteiger partial charge in [-0.2, -0.15) is 0 Å². The minimum atomic E-state index is -0.383. The van der Waals surface area contributed by atoms with E-state index in [1.165, 1.54) is 29.7 Å². The Bertz CT molecular complexity index is 1030. The summed E-state index contributed by atoms with van der Waals surface area (Å²) in [6, 6.07) is 8.44. The maximum absolute atomic E-state index is 12.2. The van der Waals surface area contributed by atoms with Gasteiger partial charge >= 0.3 is 0 Å². The lowest BCUT2D eigenvalue weighted by Gasteiger charge is -2.07. The van der Waals surface area contributed by atoms with E-state index in [2.05, 4.69) is 20.6 Å². The third-order valence-corrected chi connectivity index (χ3v) is 4.76. The smallest absolute Gasteiger partial charge is 0.258 e. The minimum Gasteiger partial charge on any atom is -0.328 e. The lowest BCUT2D eigenvalue weighted by molar-refractivity contribution is -0.115. The fraction of sp³-hybridized carbons (Fsp3) is 0.158. The topological polar surface area (TPSA) is 104 Å². The molecule has 138 valence electrons. The summed E-state index contributed by atoms with van der Waals surface area (Å²) in [5.41, 5.74) is 3.61. The van der Waals surface area contributed by atoms with E-state index in [1.807, 2.05) is 32.0 Å². The Balaban J connectivity index is 1.59. The molecule has 0 bridgehead atoms. The molecule has 0 atom stereocenters.